The van der Waals surface area contributed by atoms with E-state index in [0.29, 0.717) is 17.2 Å². The number of benzene rings is 2. The van der Waals surface area contributed by atoms with Gasteiger partial charge in [0.1, 0.15) is 22.8 Å². The summed E-state index contributed by atoms with van der Waals surface area (Å²) in [5.74, 6) is 1.72. The minimum absolute atomic E-state index is 0.0239. The van der Waals surface area contributed by atoms with Crippen LogP contribution in [0.4, 0.5) is 0 Å². The van der Waals surface area contributed by atoms with E-state index in [9.17, 15) is 9.90 Å². The standard InChI is InChI=1S/C27H36O5/c1-19(10-8-13-21-11-6-5-7-12-21)30-23-17-25(31-20(2)29)24-16-22(14-9-15-28)27(3,4)32-26(24)18-23/h5-7,11-12,17-19,22,28H,8-10,13-16H2,1-4H3. The van der Waals surface area contributed by atoms with Gasteiger partial charge in [-0.05, 0) is 64.9 Å². The molecule has 2 aromatic rings. The van der Waals surface area contributed by atoms with Crippen LogP contribution in [-0.2, 0) is 17.6 Å². The Labute approximate surface area is 191 Å². The summed E-state index contributed by atoms with van der Waals surface area (Å²) in [7, 11) is 0. The molecule has 5 nitrogen and oxygen atoms in total. The molecule has 32 heavy (non-hydrogen) atoms. The molecular formula is C27H36O5. The number of aliphatic hydroxyl groups excluding tert-OH is 1. The molecule has 174 valence electrons. The van der Waals surface area contributed by atoms with Crippen molar-refractivity contribution in [2.45, 2.75) is 77.9 Å². The molecule has 0 saturated carbocycles. The van der Waals surface area contributed by atoms with Crippen LogP contribution in [-0.4, -0.2) is 29.4 Å². The van der Waals surface area contributed by atoms with Crippen molar-refractivity contribution in [2.24, 2.45) is 5.92 Å². The van der Waals surface area contributed by atoms with Crippen LogP contribution in [0.3, 0.4) is 0 Å². The second-order valence-electron chi connectivity index (χ2n) is 9.27. The number of ether oxygens (including phenoxy) is 3. The molecule has 1 aliphatic rings. The SMILES string of the molecule is CC(=O)Oc1cc(OC(C)CCCc2ccccc2)cc2c1CC(CCCO)C(C)(C)O2. The van der Waals surface area contributed by atoms with E-state index in [1.165, 1.54) is 12.5 Å². The number of aryl methyl sites for hydroxylation is 1. The number of hydrogen-bond acceptors (Lipinski definition) is 5. The maximum absolute atomic E-state index is 11.8. The van der Waals surface area contributed by atoms with E-state index in [-0.39, 0.29) is 30.2 Å². The molecule has 0 saturated heterocycles. The molecular weight excluding hydrogens is 404 g/mol. The van der Waals surface area contributed by atoms with Crippen molar-refractivity contribution in [2.75, 3.05) is 6.61 Å². The summed E-state index contributed by atoms with van der Waals surface area (Å²) in [6.45, 7) is 7.77. The summed E-state index contributed by atoms with van der Waals surface area (Å²) in [6, 6.07) is 14.2. The lowest BCUT2D eigenvalue weighted by Crippen LogP contribution is -2.42. The first-order chi connectivity index (χ1) is 15.3. The third kappa shape index (κ3) is 6.49. The van der Waals surface area contributed by atoms with Crippen molar-refractivity contribution in [1.29, 1.82) is 0 Å². The molecule has 0 amide bonds. The average Bonchev–Trinajstić information content (AvgIpc) is 2.72. The summed E-state index contributed by atoms with van der Waals surface area (Å²) >= 11 is 0. The van der Waals surface area contributed by atoms with Crippen molar-refractivity contribution < 1.29 is 24.1 Å². The highest BCUT2D eigenvalue weighted by molar-refractivity contribution is 5.71. The number of carbonyl (C=O) groups is 1. The first kappa shape index (κ1) is 24.1. The van der Waals surface area contributed by atoms with E-state index in [1.54, 1.807) is 6.07 Å². The van der Waals surface area contributed by atoms with Gasteiger partial charge in [0, 0.05) is 37.1 Å². The van der Waals surface area contributed by atoms with E-state index in [2.05, 4.69) is 45.0 Å². The number of esters is 1. The van der Waals surface area contributed by atoms with Crippen molar-refractivity contribution in [1.82, 2.24) is 0 Å². The molecule has 2 atom stereocenters. The Morgan fingerprint density at radius 1 is 1.22 bits per heavy atom. The van der Waals surface area contributed by atoms with Crippen molar-refractivity contribution in [3.63, 3.8) is 0 Å². The van der Waals surface area contributed by atoms with Gasteiger partial charge in [-0.25, -0.2) is 0 Å². The first-order valence-corrected chi connectivity index (χ1v) is 11.6. The Kier molecular flexibility index (Phi) is 8.19. The Morgan fingerprint density at radius 2 is 1.97 bits per heavy atom. The summed E-state index contributed by atoms with van der Waals surface area (Å²) in [6.07, 6.45) is 5.29. The van der Waals surface area contributed by atoms with Crippen LogP contribution in [0.2, 0.25) is 0 Å². The van der Waals surface area contributed by atoms with Gasteiger partial charge in [0.05, 0.1) is 6.10 Å². The summed E-state index contributed by atoms with van der Waals surface area (Å²) in [5, 5.41) is 9.26. The minimum Gasteiger partial charge on any atom is -0.490 e. The van der Waals surface area contributed by atoms with Crippen LogP contribution in [0.5, 0.6) is 17.2 Å². The van der Waals surface area contributed by atoms with Gasteiger partial charge in [-0.1, -0.05) is 30.3 Å². The first-order valence-electron chi connectivity index (χ1n) is 11.6. The Morgan fingerprint density at radius 3 is 2.66 bits per heavy atom. The lowest BCUT2D eigenvalue weighted by molar-refractivity contribution is -0.132. The summed E-state index contributed by atoms with van der Waals surface area (Å²) in [5.41, 5.74) is 1.85. The van der Waals surface area contributed by atoms with Gasteiger partial charge < -0.3 is 19.3 Å². The normalized spacial score (nSPS) is 17.7. The van der Waals surface area contributed by atoms with E-state index in [0.717, 1.165) is 44.1 Å². The number of hydrogen-bond donors (Lipinski definition) is 1. The number of fused-ring (bicyclic) bond motifs is 1. The van der Waals surface area contributed by atoms with Crippen molar-refractivity contribution >= 4 is 5.97 Å². The predicted octanol–water partition coefficient (Wildman–Crippen LogP) is 5.50. The van der Waals surface area contributed by atoms with Crippen LogP contribution < -0.4 is 14.2 Å². The fraction of sp³-hybridized carbons (Fsp3) is 0.519. The van der Waals surface area contributed by atoms with Gasteiger partial charge in [0.25, 0.3) is 0 Å². The lowest BCUT2D eigenvalue weighted by Gasteiger charge is -2.40. The fourth-order valence-electron chi connectivity index (χ4n) is 4.38. The summed E-state index contributed by atoms with van der Waals surface area (Å²) in [4.78, 5) is 11.8. The monoisotopic (exact) mass is 440 g/mol. The van der Waals surface area contributed by atoms with Gasteiger partial charge in [0.15, 0.2) is 0 Å². The molecule has 1 aliphatic heterocycles. The molecule has 0 fully saturated rings. The van der Waals surface area contributed by atoms with Gasteiger partial charge in [-0.15, -0.1) is 0 Å². The third-order valence-corrected chi connectivity index (χ3v) is 6.17. The predicted molar refractivity (Wildman–Crippen MR) is 125 cm³/mol. The maximum Gasteiger partial charge on any atom is 0.308 e. The topological polar surface area (TPSA) is 65.0 Å². The van der Waals surface area contributed by atoms with Gasteiger partial charge in [-0.2, -0.15) is 0 Å². The zero-order valence-corrected chi connectivity index (χ0v) is 19.7. The zero-order chi connectivity index (χ0) is 23.1. The third-order valence-electron chi connectivity index (χ3n) is 6.17. The average molecular weight is 441 g/mol. The molecule has 2 unspecified atom stereocenters. The van der Waals surface area contributed by atoms with Crippen molar-refractivity contribution in [3.8, 4) is 17.2 Å². The Balaban J connectivity index is 1.72. The van der Waals surface area contributed by atoms with E-state index < -0.39 is 0 Å². The minimum atomic E-state index is -0.379. The van der Waals surface area contributed by atoms with Gasteiger partial charge >= 0.3 is 5.97 Å². The zero-order valence-electron chi connectivity index (χ0n) is 19.7. The molecule has 2 aromatic carbocycles. The van der Waals surface area contributed by atoms with E-state index >= 15 is 0 Å². The molecule has 1 heterocycles. The van der Waals surface area contributed by atoms with Crippen LogP contribution in [0.25, 0.3) is 0 Å². The summed E-state index contributed by atoms with van der Waals surface area (Å²) < 4.78 is 18.1. The molecule has 0 spiro atoms. The molecule has 0 aliphatic carbocycles. The quantitative estimate of drug-likeness (QED) is 0.390. The molecule has 0 bridgehead atoms. The Hall–Kier alpha value is -2.53. The number of aliphatic hydroxyl groups is 1. The molecule has 0 radical (unpaired) electrons. The molecule has 3 rings (SSSR count). The molecule has 5 heteroatoms. The molecule has 0 aromatic heterocycles. The largest absolute Gasteiger partial charge is 0.490 e. The smallest absolute Gasteiger partial charge is 0.308 e. The van der Waals surface area contributed by atoms with Crippen LogP contribution >= 0.6 is 0 Å². The second kappa shape index (κ2) is 10.9. The second-order valence-corrected chi connectivity index (χ2v) is 9.27. The highest BCUT2D eigenvalue weighted by Crippen LogP contribution is 2.45. The van der Waals surface area contributed by atoms with Crippen LogP contribution in [0.1, 0.15) is 64.5 Å². The van der Waals surface area contributed by atoms with Gasteiger partial charge in [0.2, 0.25) is 0 Å². The number of rotatable bonds is 10. The molecule has 1 N–H and O–H groups in total. The maximum atomic E-state index is 11.8. The highest BCUT2D eigenvalue weighted by atomic mass is 16.5. The van der Waals surface area contributed by atoms with Crippen molar-refractivity contribution in [3.05, 3.63) is 53.6 Å². The lowest BCUT2D eigenvalue weighted by atomic mass is 9.79. The van der Waals surface area contributed by atoms with Gasteiger partial charge in [-0.3, -0.25) is 4.79 Å². The van der Waals surface area contributed by atoms with E-state index in [1.807, 2.05) is 12.1 Å². The van der Waals surface area contributed by atoms with Crippen LogP contribution in [0, 0.1) is 5.92 Å². The number of carbonyl (C=O) groups excluding carboxylic acids is 1. The highest BCUT2D eigenvalue weighted by Gasteiger charge is 2.38. The van der Waals surface area contributed by atoms with Crippen LogP contribution in [0.15, 0.2) is 42.5 Å². The Bertz CT molecular complexity index is 890. The van der Waals surface area contributed by atoms with E-state index in [4.69, 9.17) is 14.2 Å². The fourth-order valence-corrected chi connectivity index (χ4v) is 4.38.